The summed E-state index contributed by atoms with van der Waals surface area (Å²) in [4.78, 5) is 3.55. The van der Waals surface area contributed by atoms with Gasteiger partial charge in [0.15, 0.2) is 0 Å². The van der Waals surface area contributed by atoms with Crippen LogP contribution in [0.1, 0.15) is 12.8 Å². The summed E-state index contributed by atoms with van der Waals surface area (Å²) in [5.41, 5.74) is 0. The number of fused-ring (bicyclic) bond motifs is 1. The molecule has 2 aliphatic rings. The smallest absolute Gasteiger partial charge is 0.0969 e. The van der Waals surface area contributed by atoms with Gasteiger partial charge in [-0.15, -0.1) is 11.8 Å². The van der Waals surface area contributed by atoms with Gasteiger partial charge in [-0.05, 0) is 37.6 Å². The number of aliphatic hydroxyl groups excluding tert-OH is 1. The van der Waals surface area contributed by atoms with Crippen LogP contribution in [-0.2, 0) is 4.74 Å². The summed E-state index contributed by atoms with van der Waals surface area (Å²) in [6.07, 6.45) is 2.00. The van der Waals surface area contributed by atoms with Crippen molar-refractivity contribution >= 4 is 23.4 Å². The average molecular weight is 314 g/mol. The fourth-order valence-corrected chi connectivity index (χ4v) is 4.14. The highest BCUT2D eigenvalue weighted by molar-refractivity contribution is 7.99. The Balaban J connectivity index is 1.50. The molecule has 3 nitrogen and oxygen atoms in total. The van der Waals surface area contributed by atoms with E-state index in [2.05, 4.69) is 4.90 Å². The third-order valence-electron chi connectivity index (χ3n) is 4.06. The van der Waals surface area contributed by atoms with Crippen molar-refractivity contribution in [3.05, 3.63) is 29.3 Å². The largest absolute Gasteiger partial charge is 0.389 e. The number of rotatable bonds is 4. The van der Waals surface area contributed by atoms with Crippen molar-refractivity contribution in [3.63, 3.8) is 0 Å². The molecule has 2 saturated heterocycles. The normalized spacial score (nSPS) is 28.3. The van der Waals surface area contributed by atoms with Crippen molar-refractivity contribution in [1.82, 2.24) is 4.90 Å². The third-order valence-corrected chi connectivity index (χ3v) is 5.39. The molecule has 3 atom stereocenters. The maximum Gasteiger partial charge on any atom is 0.0969 e. The van der Waals surface area contributed by atoms with Crippen LogP contribution in [0.4, 0.5) is 0 Å². The van der Waals surface area contributed by atoms with Crippen LogP contribution in [0.25, 0.3) is 0 Å². The van der Waals surface area contributed by atoms with Crippen LogP contribution in [0.2, 0.25) is 5.02 Å². The van der Waals surface area contributed by atoms with Gasteiger partial charge in [0.05, 0.1) is 18.8 Å². The molecule has 2 fully saturated rings. The predicted octanol–water partition coefficient (Wildman–Crippen LogP) is 2.66. The predicted molar refractivity (Wildman–Crippen MR) is 82.5 cm³/mol. The lowest BCUT2D eigenvalue weighted by molar-refractivity contribution is -0.0952. The summed E-state index contributed by atoms with van der Waals surface area (Å²) < 4.78 is 5.83. The number of nitrogens with zero attached hydrogens (tertiary/aromatic N) is 1. The SMILES string of the molecule is OC(CSc1cccc(Cl)c1)C1CN2CCCC2CO1. The second-order valence-electron chi connectivity index (χ2n) is 5.50. The molecule has 0 radical (unpaired) electrons. The van der Waals surface area contributed by atoms with Gasteiger partial charge in [0.25, 0.3) is 0 Å². The number of halogens is 1. The summed E-state index contributed by atoms with van der Waals surface area (Å²) in [6, 6.07) is 8.32. The highest BCUT2D eigenvalue weighted by atomic mass is 35.5. The fraction of sp³-hybridized carbons (Fsp3) is 0.600. The number of ether oxygens (including phenoxy) is 1. The van der Waals surface area contributed by atoms with Crippen molar-refractivity contribution in [2.45, 2.75) is 36.0 Å². The van der Waals surface area contributed by atoms with Gasteiger partial charge in [0, 0.05) is 28.3 Å². The highest BCUT2D eigenvalue weighted by Crippen LogP contribution is 2.27. The third kappa shape index (κ3) is 3.49. The Kier molecular flexibility index (Phi) is 4.89. The maximum atomic E-state index is 10.3. The lowest BCUT2D eigenvalue weighted by atomic mass is 10.1. The van der Waals surface area contributed by atoms with Crippen LogP contribution >= 0.6 is 23.4 Å². The summed E-state index contributed by atoms with van der Waals surface area (Å²) in [5.74, 6) is 0.642. The lowest BCUT2D eigenvalue weighted by Gasteiger charge is -2.37. The zero-order chi connectivity index (χ0) is 13.9. The molecule has 0 amide bonds. The molecule has 3 unspecified atom stereocenters. The average Bonchev–Trinajstić information content (AvgIpc) is 2.92. The molecule has 1 aromatic rings. The van der Waals surface area contributed by atoms with Crippen LogP contribution in [0.5, 0.6) is 0 Å². The number of aliphatic hydroxyl groups is 1. The molecule has 110 valence electrons. The number of morpholine rings is 1. The molecule has 2 aliphatic heterocycles. The molecule has 0 aromatic heterocycles. The number of hydrogen-bond acceptors (Lipinski definition) is 4. The first-order valence-corrected chi connectivity index (χ1v) is 8.51. The molecular weight excluding hydrogens is 294 g/mol. The molecule has 0 spiro atoms. The van der Waals surface area contributed by atoms with Crippen LogP contribution in [0, 0.1) is 0 Å². The van der Waals surface area contributed by atoms with Gasteiger partial charge in [-0.2, -0.15) is 0 Å². The van der Waals surface area contributed by atoms with Gasteiger partial charge < -0.3 is 9.84 Å². The summed E-state index contributed by atoms with van der Waals surface area (Å²) in [7, 11) is 0. The minimum Gasteiger partial charge on any atom is -0.389 e. The highest BCUT2D eigenvalue weighted by Gasteiger charge is 2.35. The minimum absolute atomic E-state index is 0.0592. The Labute approximate surface area is 129 Å². The molecule has 1 N–H and O–H groups in total. The molecule has 1 aromatic carbocycles. The van der Waals surface area contributed by atoms with Gasteiger partial charge in [-0.3, -0.25) is 4.90 Å². The van der Waals surface area contributed by atoms with Crippen LogP contribution in [-0.4, -0.2) is 53.7 Å². The van der Waals surface area contributed by atoms with E-state index in [0.717, 1.165) is 29.6 Å². The van der Waals surface area contributed by atoms with Gasteiger partial charge in [-0.1, -0.05) is 17.7 Å². The topological polar surface area (TPSA) is 32.7 Å². The maximum absolute atomic E-state index is 10.3. The van der Waals surface area contributed by atoms with Crippen molar-refractivity contribution in [1.29, 1.82) is 0 Å². The second kappa shape index (κ2) is 6.67. The van der Waals surface area contributed by atoms with E-state index in [1.165, 1.54) is 12.8 Å². The molecule has 0 aliphatic carbocycles. The van der Waals surface area contributed by atoms with Crippen LogP contribution in [0.3, 0.4) is 0 Å². The Morgan fingerprint density at radius 1 is 1.50 bits per heavy atom. The van der Waals surface area contributed by atoms with E-state index in [9.17, 15) is 5.11 Å². The Hall–Kier alpha value is -0.260. The van der Waals surface area contributed by atoms with E-state index in [0.29, 0.717) is 11.8 Å². The molecule has 20 heavy (non-hydrogen) atoms. The first-order valence-electron chi connectivity index (χ1n) is 7.14. The Bertz CT molecular complexity index is 459. The zero-order valence-corrected chi connectivity index (χ0v) is 12.9. The van der Waals surface area contributed by atoms with Crippen molar-refractivity contribution in [2.24, 2.45) is 0 Å². The van der Waals surface area contributed by atoms with E-state index in [1.54, 1.807) is 11.8 Å². The van der Waals surface area contributed by atoms with Crippen molar-refractivity contribution < 1.29 is 9.84 Å². The Morgan fingerprint density at radius 2 is 2.40 bits per heavy atom. The van der Waals surface area contributed by atoms with Gasteiger partial charge in [-0.25, -0.2) is 0 Å². The second-order valence-corrected chi connectivity index (χ2v) is 7.03. The van der Waals surface area contributed by atoms with E-state index < -0.39 is 6.10 Å². The number of benzene rings is 1. The van der Waals surface area contributed by atoms with Crippen molar-refractivity contribution in [3.8, 4) is 0 Å². The number of thioether (sulfide) groups is 1. The molecule has 3 rings (SSSR count). The minimum atomic E-state index is -0.430. The van der Waals surface area contributed by atoms with E-state index in [4.69, 9.17) is 16.3 Å². The first-order chi connectivity index (χ1) is 9.72. The summed E-state index contributed by atoms with van der Waals surface area (Å²) >= 11 is 7.59. The lowest BCUT2D eigenvalue weighted by Crippen LogP contribution is -2.50. The summed E-state index contributed by atoms with van der Waals surface area (Å²) in [5, 5.41) is 11.1. The van der Waals surface area contributed by atoms with E-state index >= 15 is 0 Å². The van der Waals surface area contributed by atoms with E-state index in [-0.39, 0.29) is 6.10 Å². The zero-order valence-electron chi connectivity index (χ0n) is 11.4. The standard InChI is InChI=1S/C15H20ClNO2S/c16-11-3-1-5-13(7-11)20-10-14(18)15-8-17-6-2-4-12(17)9-19-15/h1,3,5,7,12,14-15,18H,2,4,6,8-10H2. The quantitative estimate of drug-likeness (QED) is 0.866. The molecule has 0 bridgehead atoms. The van der Waals surface area contributed by atoms with Gasteiger partial charge >= 0.3 is 0 Å². The molecule has 2 heterocycles. The Morgan fingerprint density at radius 3 is 3.25 bits per heavy atom. The first kappa shape index (κ1) is 14.7. The fourth-order valence-electron chi connectivity index (χ4n) is 2.92. The molecular formula is C15H20ClNO2S. The monoisotopic (exact) mass is 313 g/mol. The van der Waals surface area contributed by atoms with Gasteiger partial charge in [0.2, 0.25) is 0 Å². The van der Waals surface area contributed by atoms with Crippen LogP contribution < -0.4 is 0 Å². The molecule has 5 heteroatoms. The number of hydrogen-bond donors (Lipinski definition) is 1. The summed E-state index contributed by atoms with van der Waals surface area (Å²) in [6.45, 7) is 2.78. The molecule has 0 saturated carbocycles. The van der Waals surface area contributed by atoms with Gasteiger partial charge in [0.1, 0.15) is 0 Å². The van der Waals surface area contributed by atoms with Crippen LogP contribution in [0.15, 0.2) is 29.2 Å². The van der Waals surface area contributed by atoms with E-state index in [1.807, 2.05) is 24.3 Å². The van der Waals surface area contributed by atoms with Crippen molar-refractivity contribution in [2.75, 3.05) is 25.4 Å².